The number of aromatic nitrogens is 4. The quantitative estimate of drug-likeness (QED) is 0.425. The zero-order chi connectivity index (χ0) is 21.9. The summed E-state index contributed by atoms with van der Waals surface area (Å²) in [5.74, 6) is -0.806. The molecule has 0 fully saturated rings. The summed E-state index contributed by atoms with van der Waals surface area (Å²) in [5, 5.41) is 6.78. The van der Waals surface area contributed by atoms with Gasteiger partial charge in [-0.3, -0.25) is 4.52 Å². The second-order valence-electron chi connectivity index (χ2n) is 6.90. The largest absolute Gasteiger partial charge is 0.446 e. The maximum absolute atomic E-state index is 13.5. The molecule has 0 aliphatic carbocycles. The molecule has 1 aromatic carbocycles. The van der Waals surface area contributed by atoms with Gasteiger partial charge in [0.15, 0.2) is 5.69 Å². The number of thioether (sulfide) groups is 1. The van der Waals surface area contributed by atoms with Crippen LogP contribution < -0.4 is 11.1 Å². The zero-order valence-electron chi connectivity index (χ0n) is 16.1. The summed E-state index contributed by atoms with van der Waals surface area (Å²) >= 11 is 8.07. The zero-order valence-corrected chi connectivity index (χ0v) is 18.5. The maximum Gasteiger partial charge on any atom is 0.446 e. The van der Waals surface area contributed by atoms with Crippen LogP contribution in [-0.2, 0) is 4.74 Å². The molecule has 9 nitrogen and oxygen atoms in total. The van der Waals surface area contributed by atoms with E-state index in [0.29, 0.717) is 23.0 Å². The predicted molar refractivity (Wildman–Crippen MR) is 111 cm³/mol. The molecule has 0 saturated heterocycles. The molecular formula is C17H17ClFN5O4S2. The van der Waals surface area contributed by atoms with Gasteiger partial charge in [0.2, 0.25) is 5.82 Å². The summed E-state index contributed by atoms with van der Waals surface area (Å²) in [5.41, 5.74) is 0.0232. The number of nitrogens with one attached hydrogen (secondary N) is 1. The van der Waals surface area contributed by atoms with E-state index < -0.39 is 23.3 Å². The van der Waals surface area contributed by atoms with Gasteiger partial charge in [0.05, 0.1) is 22.4 Å². The molecule has 3 rings (SSSR count). The van der Waals surface area contributed by atoms with E-state index in [0.717, 1.165) is 22.4 Å². The van der Waals surface area contributed by atoms with Crippen LogP contribution in [0.4, 0.5) is 9.18 Å². The summed E-state index contributed by atoms with van der Waals surface area (Å²) in [6, 6.07) is 3.80. The molecule has 2 heterocycles. The number of rotatable bonds is 6. The van der Waals surface area contributed by atoms with Crippen molar-refractivity contribution in [1.29, 1.82) is 0 Å². The normalized spacial score (nSPS) is 11.5. The van der Waals surface area contributed by atoms with Crippen LogP contribution in [0.2, 0.25) is 5.02 Å². The predicted octanol–water partition coefficient (Wildman–Crippen LogP) is 3.75. The number of hydrogen-bond acceptors (Lipinski definition) is 9. The Bertz CT molecular complexity index is 1110. The number of hydrogen-bond donors (Lipinski definition) is 1. The third-order valence-electron chi connectivity index (χ3n) is 3.45. The van der Waals surface area contributed by atoms with Gasteiger partial charge in [-0.15, -0.1) is 11.8 Å². The number of benzene rings is 1. The van der Waals surface area contributed by atoms with Crippen LogP contribution in [0.25, 0.3) is 17.2 Å². The first-order chi connectivity index (χ1) is 14.2. The minimum Gasteiger partial charge on any atom is -0.444 e. The van der Waals surface area contributed by atoms with Crippen LogP contribution in [0.1, 0.15) is 20.8 Å². The fourth-order valence-electron chi connectivity index (χ4n) is 2.28. The Hall–Kier alpha value is -2.44. The molecule has 0 aliphatic rings. The summed E-state index contributed by atoms with van der Waals surface area (Å²) in [7, 11) is 0. The fourth-order valence-corrected chi connectivity index (χ4v) is 3.94. The Morgan fingerprint density at radius 2 is 2.17 bits per heavy atom. The topological polar surface area (TPSA) is 112 Å². The molecule has 13 heteroatoms. The SMILES string of the molecule is CC(C)(C)OC(=O)NCCSc1nsnc1-c1noc(=O)n1-c1ccc(F)c(Cl)c1. The number of carbonyl (C=O) groups is 1. The van der Waals surface area contributed by atoms with Gasteiger partial charge in [0.25, 0.3) is 0 Å². The second-order valence-corrected chi connectivity index (χ2v) is 8.92. The summed E-state index contributed by atoms with van der Waals surface area (Å²) in [6.45, 7) is 5.66. The highest BCUT2D eigenvalue weighted by atomic mass is 35.5. The van der Waals surface area contributed by atoms with Gasteiger partial charge in [0, 0.05) is 12.3 Å². The van der Waals surface area contributed by atoms with Gasteiger partial charge in [-0.25, -0.2) is 18.5 Å². The van der Waals surface area contributed by atoms with Crippen LogP contribution in [0.15, 0.2) is 32.5 Å². The van der Waals surface area contributed by atoms with Gasteiger partial charge >= 0.3 is 11.8 Å². The van der Waals surface area contributed by atoms with Crippen molar-refractivity contribution in [2.75, 3.05) is 12.3 Å². The van der Waals surface area contributed by atoms with Gasteiger partial charge in [-0.2, -0.15) is 8.75 Å². The molecular weight excluding hydrogens is 457 g/mol. The molecule has 0 radical (unpaired) electrons. The number of amides is 1. The maximum atomic E-state index is 13.5. The molecule has 0 spiro atoms. The smallest absolute Gasteiger partial charge is 0.444 e. The Morgan fingerprint density at radius 3 is 2.87 bits per heavy atom. The molecule has 0 bridgehead atoms. The number of carbonyl (C=O) groups excluding carboxylic acids is 1. The van der Waals surface area contributed by atoms with Crippen molar-refractivity contribution >= 4 is 41.2 Å². The number of halogens is 2. The third-order valence-corrected chi connectivity index (χ3v) is 5.35. The lowest BCUT2D eigenvalue weighted by molar-refractivity contribution is 0.0531. The van der Waals surface area contributed by atoms with E-state index in [4.69, 9.17) is 20.9 Å². The minimum absolute atomic E-state index is 0.110. The lowest BCUT2D eigenvalue weighted by Gasteiger charge is -2.19. The van der Waals surface area contributed by atoms with E-state index in [1.165, 1.54) is 23.9 Å². The Balaban J connectivity index is 1.74. The van der Waals surface area contributed by atoms with Crippen LogP contribution in [0.5, 0.6) is 0 Å². The highest BCUT2D eigenvalue weighted by molar-refractivity contribution is 7.99. The molecule has 1 N–H and O–H groups in total. The molecule has 3 aromatic rings. The highest BCUT2D eigenvalue weighted by Gasteiger charge is 2.22. The van der Waals surface area contributed by atoms with Crippen LogP contribution >= 0.6 is 35.1 Å². The standard InChI is InChI=1S/C17H17ClFN5O4S2/c1-17(2,3)27-15(25)20-6-7-29-14-12(22-30-23-14)13-21-28-16(26)24(13)9-4-5-11(19)10(18)8-9/h4-5,8H,6-7H2,1-3H3,(H,20,25). The second kappa shape index (κ2) is 9.14. The van der Waals surface area contributed by atoms with Gasteiger partial charge in [-0.1, -0.05) is 16.8 Å². The average Bonchev–Trinajstić information content (AvgIpc) is 3.26. The Kier molecular flexibility index (Phi) is 6.78. The monoisotopic (exact) mass is 473 g/mol. The molecule has 0 unspecified atom stereocenters. The van der Waals surface area contributed by atoms with Crippen molar-refractivity contribution in [3.05, 3.63) is 39.6 Å². The Morgan fingerprint density at radius 1 is 1.40 bits per heavy atom. The van der Waals surface area contributed by atoms with Crippen molar-refractivity contribution in [3.63, 3.8) is 0 Å². The van der Waals surface area contributed by atoms with Crippen molar-refractivity contribution in [3.8, 4) is 17.2 Å². The van der Waals surface area contributed by atoms with Crippen molar-refractivity contribution < 1.29 is 18.4 Å². The van der Waals surface area contributed by atoms with Gasteiger partial charge in [0.1, 0.15) is 16.4 Å². The molecule has 0 atom stereocenters. The minimum atomic E-state index is -0.775. The summed E-state index contributed by atoms with van der Waals surface area (Å²) < 4.78 is 33.0. The fraction of sp³-hybridized carbons (Fsp3) is 0.353. The summed E-state index contributed by atoms with van der Waals surface area (Å²) in [4.78, 5) is 23.9. The molecule has 2 aromatic heterocycles. The van der Waals surface area contributed by atoms with Crippen LogP contribution in [-0.4, -0.2) is 42.5 Å². The highest BCUT2D eigenvalue weighted by Crippen LogP contribution is 2.29. The lowest BCUT2D eigenvalue weighted by atomic mass is 10.2. The van der Waals surface area contributed by atoms with Crippen molar-refractivity contribution in [1.82, 2.24) is 23.8 Å². The van der Waals surface area contributed by atoms with Gasteiger partial charge < -0.3 is 10.1 Å². The van der Waals surface area contributed by atoms with E-state index >= 15 is 0 Å². The van der Waals surface area contributed by atoms with E-state index in [2.05, 4.69) is 19.2 Å². The average molecular weight is 474 g/mol. The van der Waals surface area contributed by atoms with Crippen molar-refractivity contribution in [2.45, 2.75) is 31.4 Å². The van der Waals surface area contributed by atoms with E-state index in [9.17, 15) is 14.0 Å². The van der Waals surface area contributed by atoms with E-state index in [1.807, 2.05) is 0 Å². The first kappa shape index (κ1) is 22.2. The number of ether oxygens (including phenoxy) is 1. The summed E-state index contributed by atoms with van der Waals surface area (Å²) in [6.07, 6.45) is -0.516. The molecule has 0 saturated carbocycles. The van der Waals surface area contributed by atoms with Crippen molar-refractivity contribution in [2.24, 2.45) is 0 Å². The molecule has 1 amide bonds. The number of nitrogens with zero attached hydrogens (tertiary/aromatic N) is 4. The number of alkyl carbamates (subject to hydrolysis) is 1. The molecule has 0 aliphatic heterocycles. The third kappa shape index (κ3) is 5.37. The van der Waals surface area contributed by atoms with E-state index in [1.54, 1.807) is 20.8 Å². The first-order valence-corrected chi connectivity index (χ1v) is 10.7. The van der Waals surface area contributed by atoms with Gasteiger partial charge in [-0.05, 0) is 39.0 Å². The molecule has 30 heavy (non-hydrogen) atoms. The van der Waals surface area contributed by atoms with E-state index in [-0.39, 0.29) is 16.5 Å². The Labute approximate surface area is 183 Å². The van der Waals surface area contributed by atoms with Crippen LogP contribution in [0, 0.1) is 5.82 Å². The first-order valence-electron chi connectivity index (χ1n) is 8.62. The van der Waals surface area contributed by atoms with Crippen LogP contribution in [0.3, 0.4) is 0 Å². The lowest BCUT2D eigenvalue weighted by Crippen LogP contribution is -2.33. The molecule has 160 valence electrons.